The average molecular weight is 640 g/mol. The van der Waals surface area contributed by atoms with Crippen LogP contribution in [-0.4, -0.2) is 22.5 Å². The Balaban J connectivity index is 1.26. The number of hydrogen-bond donors (Lipinski definition) is 0. The summed E-state index contributed by atoms with van der Waals surface area (Å²) in [6.07, 6.45) is 2.07. The van der Waals surface area contributed by atoms with Crippen LogP contribution >= 0.6 is 0 Å². The number of aromatic nitrogens is 2. The van der Waals surface area contributed by atoms with Gasteiger partial charge in [0, 0.05) is 50.0 Å². The smallest absolute Gasteiger partial charge is 0.252 e. The number of anilines is 3. The molecule has 5 heteroatoms. The van der Waals surface area contributed by atoms with E-state index >= 15 is 0 Å². The van der Waals surface area contributed by atoms with Gasteiger partial charge in [0.25, 0.3) is 6.71 Å². The summed E-state index contributed by atoms with van der Waals surface area (Å²) < 4.78 is 11.5. The molecule has 0 unspecified atom stereocenters. The van der Waals surface area contributed by atoms with Crippen molar-refractivity contribution in [3.63, 3.8) is 0 Å². The molecule has 2 aromatic heterocycles. The van der Waals surface area contributed by atoms with Crippen LogP contribution in [0.1, 0.15) is 12.0 Å². The molecule has 0 amide bonds. The molecule has 234 valence electrons. The van der Waals surface area contributed by atoms with Gasteiger partial charge in [-0.25, -0.2) is 0 Å². The highest BCUT2D eigenvalue weighted by Crippen LogP contribution is 2.44. The third-order valence-electron chi connectivity index (χ3n) is 11.4. The first kappa shape index (κ1) is 26.7. The first-order valence-electron chi connectivity index (χ1n) is 17.7. The Morgan fingerprint density at radius 3 is 2.02 bits per heavy atom. The average Bonchev–Trinajstić information content (AvgIpc) is 3.70. The standard InChI is InChI=1S/C45H30BN3O/c1-3-12-28(13-4-1)47(29-14-5-2-6-15-29)30-21-22-38-33(26-30)35-27-34-31-16-7-9-19-37(31)49-40-23-24-41-32(17-11-25-50-41)42(40)46-36-18-8-10-20-39(36)48(38)45(35)43(46)44(34)49/h1-10,12-16,18-24,26-27H,11,17,25H2. The highest BCUT2D eigenvalue weighted by molar-refractivity contribution is 7.00. The molecule has 5 heterocycles. The van der Waals surface area contributed by atoms with E-state index < -0.39 is 0 Å². The van der Waals surface area contributed by atoms with Gasteiger partial charge in [-0.05, 0) is 108 Å². The Morgan fingerprint density at radius 2 is 1.20 bits per heavy atom. The van der Waals surface area contributed by atoms with Crippen molar-refractivity contribution in [2.45, 2.75) is 12.8 Å². The lowest BCUT2D eigenvalue weighted by Crippen LogP contribution is -2.60. The Labute approximate surface area is 289 Å². The molecule has 4 nitrogen and oxygen atoms in total. The Bertz CT molecular complexity index is 2850. The van der Waals surface area contributed by atoms with Crippen molar-refractivity contribution in [1.82, 2.24) is 9.13 Å². The minimum absolute atomic E-state index is 0.113. The Kier molecular flexibility index (Phi) is 5.19. The molecule has 3 aliphatic heterocycles. The highest BCUT2D eigenvalue weighted by Gasteiger charge is 2.43. The summed E-state index contributed by atoms with van der Waals surface area (Å²) >= 11 is 0. The molecule has 50 heavy (non-hydrogen) atoms. The van der Waals surface area contributed by atoms with E-state index in [4.69, 9.17) is 4.74 Å². The van der Waals surface area contributed by atoms with Crippen molar-refractivity contribution < 1.29 is 4.74 Å². The van der Waals surface area contributed by atoms with E-state index in [2.05, 4.69) is 160 Å². The molecule has 0 aliphatic carbocycles. The van der Waals surface area contributed by atoms with Crippen molar-refractivity contribution in [3.8, 4) is 17.1 Å². The topological polar surface area (TPSA) is 22.3 Å². The fraction of sp³-hybridized carbons (Fsp3) is 0.0667. The third-order valence-corrected chi connectivity index (χ3v) is 11.4. The van der Waals surface area contributed by atoms with Crippen LogP contribution in [0.3, 0.4) is 0 Å². The zero-order chi connectivity index (χ0) is 32.5. The summed E-state index contributed by atoms with van der Waals surface area (Å²) in [6.45, 7) is 0.895. The zero-order valence-corrected chi connectivity index (χ0v) is 27.3. The Hall–Kier alpha value is -6.20. The quantitative estimate of drug-likeness (QED) is 0.180. The number of fused-ring (bicyclic) bond motifs is 14. The fourth-order valence-corrected chi connectivity index (χ4v) is 9.53. The van der Waals surface area contributed by atoms with Crippen molar-refractivity contribution >= 4 is 83.8 Å². The Morgan fingerprint density at radius 1 is 0.520 bits per heavy atom. The number of ether oxygens (including phenoxy) is 1. The molecule has 0 saturated carbocycles. The molecule has 9 aromatic rings. The van der Waals surface area contributed by atoms with Crippen LogP contribution in [0.4, 0.5) is 17.1 Å². The normalized spacial score (nSPS) is 13.9. The first-order valence-corrected chi connectivity index (χ1v) is 17.7. The largest absolute Gasteiger partial charge is 0.493 e. The van der Waals surface area contributed by atoms with Crippen LogP contribution in [0.5, 0.6) is 5.75 Å². The van der Waals surface area contributed by atoms with Gasteiger partial charge in [-0.2, -0.15) is 0 Å². The minimum atomic E-state index is 0.113. The van der Waals surface area contributed by atoms with Gasteiger partial charge in [0.1, 0.15) is 5.75 Å². The third kappa shape index (κ3) is 3.32. The van der Waals surface area contributed by atoms with E-state index in [1.54, 1.807) is 0 Å². The number of benzene rings is 7. The summed E-state index contributed by atoms with van der Waals surface area (Å²) in [4.78, 5) is 2.37. The van der Waals surface area contributed by atoms with Gasteiger partial charge in [0.15, 0.2) is 0 Å². The molecule has 0 bridgehead atoms. The first-order chi connectivity index (χ1) is 24.8. The van der Waals surface area contributed by atoms with Crippen molar-refractivity contribution in [2.75, 3.05) is 11.5 Å². The molecule has 0 fully saturated rings. The van der Waals surface area contributed by atoms with E-state index in [0.717, 1.165) is 42.3 Å². The number of para-hydroxylation sites is 4. The fourth-order valence-electron chi connectivity index (χ4n) is 9.53. The van der Waals surface area contributed by atoms with E-state index in [0.29, 0.717) is 0 Å². The maximum atomic E-state index is 6.34. The van der Waals surface area contributed by atoms with Crippen LogP contribution in [0.2, 0.25) is 0 Å². The van der Waals surface area contributed by atoms with Gasteiger partial charge in [-0.1, -0.05) is 72.8 Å². The van der Waals surface area contributed by atoms with E-state index in [-0.39, 0.29) is 6.71 Å². The maximum Gasteiger partial charge on any atom is 0.252 e. The van der Waals surface area contributed by atoms with Crippen LogP contribution in [0, 0.1) is 0 Å². The van der Waals surface area contributed by atoms with Crippen molar-refractivity contribution in [2.24, 2.45) is 0 Å². The van der Waals surface area contributed by atoms with Crippen molar-refractivity contribution in [3.05, 3.63) is 151 Å². The second-order valence-electron chi connectivity index (χ2n) is 13.9. The van der Waals surface area contributed by atoms with Crippen LogP contribution in [0.25, 0.3) is 55.0 Å². The van der Waals surface area contributed by atoms with Gasteiger partial charge in [-0.15, -0.1) is 0 Å². The summed E-state index contributed by atoms with van der Waals surface area (Å²) in [5.74, 6) is 1.05. The number of hydrogen-bond acceptors (Lipinski definition) is 2. The van der Waals surface area contributed by atoms with Crippen LogP contribution in [0.15, 0.2) is 146 Å². The maximum absolute atomic E-state index is 6.34. The lowest BCUT2D eigenvalue weighted by atomic mass is 9.33. The SMILES string of the molecule is c1ccc(N(c2ccccc2)c2ccc3c(c2)c2cc4c5ccccc5n5c4c4c2n3-c2ccccc2B4c2c-5ccc3c2CCCO3)cc1. The van der Waals surface area contributed by atoms with E-state index in [9.17, 15) is 0 Å². The van der Waals surface area contributed by atoms with Gasteiger partial charge in [0.2, 0.25) is 0 Å². The molecule has 0 spiro atoms. The van der Waals surface area contributed by atoms with Crippen LogP contribution < -0.4 is 26.0 Å². The second-order valence-corrected chi connectivity index (χ2v) is 13.9. The molecule has 0 saturated heterocycles. The number of rotatable bonds is 3. The number of nitrogens with zero attached hydrogens (tertiary/aromatic N) is 3. The molecule has 0 radical (unpaired) electrons. The molecule has 7 aromatic carbocycles. The zero-order valence-electron chi connectivity index (χ0n) is 27.3. The molecule has 0 atom stereocenters. The predicted molar refractivity (Wildman–Crippen MR) is 208 cm³/mol. The predicted octanol–water partition coefficient (Wildman–Crippen LogP) is 8.82. The second kappa shape index (κ2) is 9.70. The van der Waals surface area contributed by atoms with Gasteiger partial charge >= 0.3 is 0 Å². The summed E-state index contributed by atoms with van der Waals surface area (Å²) in [6, 6.07) is 53.6. The van der Waals surface area contributed by atoms with Gasteiger partial charge in [0.05, 0.1) is 28.7 Å². The molecular formula is C45H30BN3O. The van der Waals surface area contributed by atoms with Gasteiger partial charge < -0.3 is 18.8 Å². The van der Waals surface area contributed by atoms with Gasteiger partial charge in [-0.3, -0.25) is 0 Å². The highest BCUT2D eigenvalue weighted by atomic mass is 16.5. The molecule has 0 N–H and O–H groups in total. The molecule has 3 aliphatic rings. The van der Waals surface area contributed by atoms with Crippen molar-refractivity contribution in [1.29, 1.82) is 0 Å². The summed E-state index contributed by atoms with van der Waals surface area (Å²) in [5, 5.41) is 5.19. The van der Waals surface area contributed by atoms with E-state index in [1.165, 1.54) is 76.9 Å². The van der Waals surface area contributed by atoms with Crippen LogP contribution in [-0.2, 0) is 6.42 Å². The summed E-state index contributed by atoms with van der Waals surface area (Å²) in [5.41, 5.74) is 16.7. The molecule has 12 rings (SSSR count). The minimum Gasteiger partial charge on any atom is -0.493 e. The monoisotopic (exact) mass is 639 g/mol. The molecular weight excluding hydrogens is 609 g/mol. The lowest BCUT2D eigenvalue weighted by molar-refractivity contribution is 0.289. The lowest BCUT2D eigenvalue weighted by Gasteiger charge is -2.35. The summed E-state index contributed by atoms with van der Waals surface area (Å²) in [7, 11) is 0. The van der Waals surface area contributed by atoms with E-state index in [1.807, 2.05) is 0 Å².